The Morgan fingerprint density at radius 1 is 1.04 bits per heavy atom. The van der Waals surface area contributed by atoms with Gasteiger partial charge in [0.15, 0.2) is 0 Å². The molecule has 138 valence electrons. The van der Waals surface area contributed by atoms with Crippen molar-refractivity contribution in [1.82, 2.24) is 9.97 Å². The van der Waals surface area contributed by atoms with Crippen LogP contribution in [0.25, 0.3) is 0 Å². The number of anilines is 2. The molecule has 0 aliphatic heterocycles. The van der Waals surface area contributed by atoms with Crippen molar-refractivity contribution >= 4 is 17.5 Å². The maximum atomic E-state index is 12.7. The van der Waals surface area contributed by atoms with E-state index in [-0.39, 0.29) is 17.6 Å². The second kappa shape index (κ2) is 8.31. The monoisotopic (exact) mass is 362 g/mol. The summed E-state index contributed by atoms with van der Waals surface area (Å²) in [4.78, 5) is 21.4. The van der Waals surface area contributed by atoms with E-state index in [4.69, 9.17) is 4.74 Å². The minimum Gasteiger partial charge on any atom is -0.495 e. The van der Waals surface area contributed by atoms with Crippen LogP contribution in [0.5, 0.6) is 5.75 Å². The van der Waals surface area contributed by atoms with Crippen molar-refractivity contribution in [2.45, 2.75) is 19.9 Å². The van der Waals surface area contributed by atoms with Crippen LogP contribution in [0, 0.1) is 6.92 Å². The molecule has 0 fully saturated rings. The van der Waals surface area contributed by atoms with Crippen molar-refractivity contribution in [1.29, 1.82) is 0 Å². The third-order valence-corrected chi connectivity index (χ3v) is 4.09. The van der Waals surface area contributed by atoms with Gasteiger partial charge < -0.3 is 15.4 Å². The number of nitrogens with one attached hydrogen (secondary N) is 2. The van der Waals surface area contributed by atoms with Crippen LogP contribution in [0.2, 0.25) is 0 Å². The molecule has 0 saturated heterocycles. The quantitative estimate of drug-likeness (QED) is 0.687. The molecule has 1 heterocycles. The molecule has 1 amide bonds. The Labute approximate surface area is 158 Å². The summed E-state index contributed by atoms with van der Waals surface area (Å²) in [5, 5.41) is 6.09. The van der Waals surface area contributed by atoms with Gasteiger partial charge in [-0.3, -0.25) is 4.79 Å². The van der Waals surface area contributed by atoms with E-state index in [1.54, 1.807) is 25.3 Å². The number of carbonyl (C=O) groups excluding carboxylic acids is 1. The molecule has 1 unspecified atom stereocenters. The molecule has 1 aromatic heterocycles. The summed E-state index contributed by atoms with van der Waals surface area (Å²) >= 11 is 0. The molecule has 0 spiro atoms. The Balaban J connectivity index is 1.79. The number of amides is 1. The molecular formula is C21H22N4O2. The van der Waals surface area contributed by atoms with Crippen molar-refractivity contribution in [3.8, 4) is 5.75 Å². The maximum Gasteiger partial charge on any atom is 0.274 e. The number of para-hydroxylation sites is 2. The first-order valence-corrected chi connectivity index (χ1v) is 8.68. The van der Waals surface area contributed by atoms with E-state index in [0.717, 1.165) is 5.56 Å². The van der Waals surface area contributed by atoms with Gasteiger partial charge in [-0.05, 0) is 37.6 Å². The van der Waals surface area contributed by atoms with Gasteiger partial charge in [0, 0.05) is 5.69 Å². The minimum atomic E-state index is -0.319. The number of methoxy groups -OCH3 is 1. The highest BCUT2D eigenvalue weighted by atomic mass is 16.5. The van der Waals surface area contributed by atoms with Gasteiger partial charge in [-0.2, -0.15) is 0 Å². The summed E-state index contributed by atoms with van der Waals surface area (Å²) in [7, 11) is 1.56. The Morgan fingerprint density at radius 3 is 2.48 bits per heavy atom. The molecule has 27 heavy (non-hydrogen) atoms. The molecule has 0 bridgehead atoms. The molecular weight excluding hydrogens is 340 g/mol. The number of aryl methyl sites for hydroxylation is 1. The van der Waals surface area contributed by atoms with Crippen molar-refractivity contribution < 1.29 is 9.53 Å². The maximum absolute atomic E-state index is 12.7. The Hall–Kier alpha value is -3.41. The van der Waals surface area contributed by atoms with Gasteiger partial charge >= 0.3 is 0 Å². The average Bonchev–Trinajstić information content (AvgIpc) is 2.68. The number of aromatic nitrogens is 2. The zero-order valence-electron chi connectivity index (χ0n) is 15.6. The van der Waals surface area contributed by atoms with E-state index in [9.17, 15) is 4.79 Å². The third kappa shape index (κ3) is 4.61. The normalized spacial score (nSPS) is 11.5. The van der Waals surface area contributed by atoms with Crippen LogP contribution in [0.4, 0.5) is 11.6 Å². The first-order chi connectivity index (χ1) is 13.1. The second-order valence-electron chi connectivity index (χ2n) is 6.15. The molecule has 3 rings (SSSR count). The molecule has 2 aromatic carbocycles. The van der Waals surface area contributed by atoms with Crippen LogP contribution in [-0.4, -0.2) is 23.0 Å². The van der Waals surface area contributed by atoms with Gasteiger partial charge in [0.25, 0.3) is 5.91 Å². The number of ether oxygens (including phenoxy) is 1. The molecule has 1 atom stereocenters. The molecule has 3 aromatic rings. The zero-order chi connectivity index (χ0) is 19.2. The number of hydrogen-bond donors (Lipinski definition) is 2. The Bertz CT molecular complexity index is 928. The van der Waals surface area contributed by atoms with E-state index < -0.39 is 0 Å². The fourth-order valence-electron chi connectivity index (χ4n) is 2.70. The summed E-state index contributed by atoms with van der Waals surface area (Å²) < 4.78 is 5.27. The number of nitrogens with zero attached hydrogens (tertiary/aromatic N) is 2. The van der Waals surface area contributed by atoms with Crippen molar-refractivity contribution in [2.75, 3.05) is 17.7 Å². The average molecular weight is 362 g/mol. The number of carbonyl (C=O) groups is 1. The highest BCUT2D eigenvalue weighted by molar-refractivity contribution is 6.03. The lowest BCUT2D eigenvalue weighted by atomic mass is 10.1. The molecule has 0 radical (unpaired) electrons. The summed E-state index contributed by atoms with van der Waals surface area (Å²) in [5.74, 6) is 0.685. The molecule has 0 saturated carbocycles. The third-order valence-electron chi connectivity index (χ3n) is 4.09. The topological polar surface area (TPSA) is 76.1 Å². The van der Waals surface area contributed by atoms with Crippen LogP contribution in [0.1, 0.15) is 34.7 Å². The van der Waals surface area contributed by atoms with Crippen molar-refractivity contribution in [2.24, 2.45) is 0 Å². The number of rotatable bonds is 6. The molecule has 0 aliphatic rings. The predicted octanol–water partition coefficient (Wildman–Crippen LogP) is 4.22. The fourth-order valence-corrected chi connectivity index (χ4v) is 2.70. The lowest BCUT2D eigenvalue weighted by Crippen LogP contribution is -2.17. The van der Waals surface area contributed by atoms with Crippen molar-refractivity contribution in [3.63, 3.8) is 0 Å². The largest absolute Gasteiger partial charge is 0.495 e. The van der Waals surface area contributed by atoms with Gasteiger partial charge in [-0.25, -0.2) is 9.97 Å². The van der Waals surface area contributed by atoms with E-state index >= 15 is 0 Å². The minimum absolute atomic E-state index is 0.0122. The highest BCUT2D eigenvalue weighted by Crippen LogP contribution is 2.24. The van der Waals surface area contributed by atoms with E-state index in [1.165, 1.54) is 0 Å². The molecule has 6 nitrogen and oxygen atoms in total. The predicted molar refractivity (Wildman–Crippen MR) is 106 cm³/mol. The number of benzene rings is 2. The molecule has 6 heteroatoms. The van der Waals surface area contributed by atoms with Crippen LogP contribution in [-0.2, 0) is 0 Å². The van der Waals surface area contributed by atoms with E-state index in [2.05, 4.69) is 20.6 Å². The highest BCUT2D eigenvalue weighted by Gasteiger charge is 2.14. The molecule has 2 N–H and O–H groups in total. The Kier molecular flexibility index (Phi) is 5.66. The van der Waals surface area contributed by atoms with Crippen molar-refractivity contribution in [3.05, 3.63) is 77.6 Å². The first-order valence-electron chi connectivity index (χ1n) is 8.68. The summed E-state index contributed by atoms with van der Waals surface area (Å²) in [6.45, 7) is 3.86. The van der Waals surface area contributed by atoms with Gasteiger partial charge in [0.2, 0.25) is 5.95 Å². The van der Waals surface area contributed by atoms with Gasteiger partial charge in [0.1, 0.15) is 11.4 Å². The number of hydrogen-bond acceptors (Lipinski definition) is 5. The van der Waals surface area contributed by atoms with Crippen LogP contribution in [0.15, 0.2) is 60.7 Å². The zero-order valence-corrected chi connectivity index (χ0v) is 15.6. The summed E-state index contributed by atoms with van der Waals surface area (Å²) in [6.07, 6.45) is 0. The van der Waals surface area contributed by atoms with Gasteiger partial charge in [-0.1, -0.05) is 42.5 Å². The van der Waals surface area contributed by atoms with Crippen LogP contribution >= 0.6 is 0 Å². The smallest absolute Gasteiger partial charge is 0.274 e. The van der Waals surface area contributed by atoms with Gasteiger partial charge in [0.05, 0.1) is 18.8 Å². The van der Waals surface area contributed by atoms with Crippen LogP contribution < -0.4 is 15.4 Å². The molecule has 0 aliphatic carbocycles. The Morgan fingerprint density at radius 2 is 1.74 bits per heavy atom. The lowest BCUT2D eigenvalue weighted by molar-refractivity contribution is 0.102. The lowest BCUT2D eigenvalue weighted by Gasteiger charge is -2.15. The standard InChI is InChI=1S/C21H22N4O2/c1-14-13-18(20(26)24-17-11-7-8-12-19(17)27-3)25-21(22-14)23-15(2)16-9-5-4-6-10-16/h4-13,15H,1-3H3,(H,24,26)(H,22,23,25). The van der Waals surface area contributed by atoms with E-state index in [0.29, 0.717) is 23.1 Å². The SMILES string of the molecule is COc1ccccc1NC(=O)c1cc(C)nc(NC(C)c2ccccc2)n1. The first kappa shape index (κ1) is 18.4. The summed E-state index contributed by atoms with van der Waals surface area (Å²) in [5.41, 5.74) is 2.70. The van der Waals surface area contributed by atoms with Gasteiger partial charge in [-0.15, -0.1) is 0 Å². The fraction of sp³-hybridized carbons (Fsp3) is 0.190. The van der Waals surface area contributed by atoms with E-state index in [1.807, 2.05) is 56.3 Å². The summed E-state index contributed by atoms with van der Waals surface area (Å²) in [6, 6.07) is 18.9. The van der Waals surface area contributed by atoms with Crippen LogP contribution in [0.3, 0.4) is 0 Å². The second-order valence-corrected chi connectivity index (χ2v) is 6.15.